The number of anilines is 1. The Balaban J connectivity index is 1.09. The highest BCUT2D eigenvalue weighted by molar-refractivity contribution is 5.83. The van der Waals surface area contributed by atoms with Gasteiger partial charge < -0.3 is 30.6 Å². The van der Waals surface area contributed by atoms with Crippen LogP contribution in [0.1, 0.15) is 51.7 Å². The molecule has 10 heteroatoms. The van der Waals surface area contributed by atoms with Crippen molar-refractivity contribution in [2.45, 2.75) is 77.9 Å². The number of piperazine rings is 1. The van der Waals surface area contributed by atoms with E-state index in [1.165, 1.54) is 6.42 Å². The van der Waals surface area contributed by atoms with Gasteiger partial charge in [-0.3, -0.25) is 9.63 Å². The number of nitrogens with zero attached hydrogens (tertiary/aromatic N) is 3. The number of aliphatic hydroxyl groups is 2. The Morgan fingerprint density at radius 1 is 1.02 bits per heavy atom. The van der Waals surface area contributed by atoms with Crippen LogP contribution in [0, 0.1) is 29.1 Å². The van der Waals surface area contributed by atoms with E-state index in [4.69, 9.17) is 4.84 Å². The molecule has 2 aromatic rings. The predicted octanol–water partition coefficient (Wildman–Crippen LogP) is 3.38. The first-order valence-electron chi connectivity index (χ1n) is 17.0. The molecule has 0 radical (unpaired) electrons. The molecule has 5 aliphatic rings. The number of hydroxylamine groups is 2. The fourth-order valence-electron chi connectivity index (χ4n) is 8.57. The Kier molecular flexibility index (Phi) is 9.62. The molecule has 2 aromatic carbocycles. The minimum absolute atomic E-state index is 0.0535. The van der Waals surface area contributed by atoms with Crippen LogP contribution in [0.4, 0.5) is 10.5 Å². The molecule has 2 saturated heterocycles. The fourth-order valence-corrected chi connectivity index (χ4v) is 8.57. The van der Waals surface area contributed by atoms with Gasteiger partial charge in [0.1, 0.15) is 12.1 Å². The van der Waals surface area contributed by atoms with E-state index >= 15 is 0 Å². The van der Waals surface area contributed by atoms with Gasteiger partial charge in [-0.25, -0.2) is 4.79 Å². The standard InChI is InChI=1S/C36H51N5O5/c1-23-29-18-27(36(29,3)4)19-30(23)38-34(44)33-32(24(2)43)31(22-42)46-41(33)21-26-11-8-12-28(17-26)39-13-15-40(16-14-39)35(45)37-20-25-9-6-5-7-10-25/h5-12,17,23-24,27,29-33,42-43H,13-16,18-22H2,1-4H3,(H,37,45)(H,38,44)/t23-,24-,27+,29-,30-,31-,32+,33-/m0/s1. The lowest BCUT2D eigenvalue weighted by atomic mass is 9.45. The normalized spacial score (nSPS) is 31.2. The molecule has 4 N–H and O–H groups in total. The van der Waals surface area contributed by atoms with Crippen LogP contribution in [0.15, 0.2) is 54.6 Å². The predicted molar refractivity (Wildman–Crippen MR) is 176 cm³/mol. The van der Waals surface area contributed by atoms with Crippen molar-refractivity contribution in [2.24, 2.45) is 29.1 Å². The Morgan fingerprint density at radius 3 is 2.39 bits per heavy atom. The molecule has 3 aliphatic carbocycles. The van der Waals surface area contributed by atoms with Crippen LogP contribution in [0.3, 0.4) is 0 Å². The quantitative estimate of drug-likeness (QED) is 0.335. The first-order valence-corrected chi connectivity index (χ1v) is 17.0. The molecule has 7 rings (SSSR count). The SMILES string of the molecule is C[C@@H]1[C@@H](NC(=O)[C@@H]2[C@H]([C@H](C)O)[C@H](CO)ON2Cc2cccc(N3CCN(C(=O)NCc4ccccc4)CC3)c2)C[C@H]2C[C@@H]1C2(C)C. The van der Waals surface area contributed by atoms with Crippen molar-refractivity contribution in [1.29, 1.82) is 0 Å². The summed E-state index contributed by atoms with van der Waals surface area (Å²) in [5.74, 6) is 0.889. The summed E-state index contributed by atoms with van der Waals surface area (Å²) < 4.78 is 0. The van der Waals surface area contributed by atoms with Crippen molar-refractivity contribution in [3.8, 4) is 0 Å². The van der Waals surface area contributed by atoms with Crippen molar-refractivity contribution in [2.75, 3.05) is 37.7 Å². The van der Waals surface area contributed by atoms with Crippen molar-refractivity contribution >= 4 is 17.6 Å². The minimum atomic E-state index is -0.832. The second kappa shape index (κ2) is 13.5. The highest BCUT2D eigenvalue weighted by atomic mass is 16.7. The maximum atomic E-state index is 14.0. The smallest absolute Gasteiger partial charge is 0.317 e. The van der Waals surface area contributed by atoms with Crippen molar-refractivity contribution < 1.29 is 24.6 Å². The number of carbonyl (C=O) groups is 2. The van der Waals surface area contributed by atoms with Gasteiger partial charge in [0.2, 0.25) is 5.91 Å². The van der Waals surface area contributed by atoms with Crippen LogP contribution in [-0.2, 0) is 22.7 Å². The summed E-state index contributed by atoms with van der Waals surface area (Å²) >= 11 is 0. The van der Waals surface area contributed by atoms with Crippen LogP contribution >= 0.6 is 0 Å². The van der Waals surface area contributed by atoms with Gasteiger partial charge in [0.25, 0.3) is 0 Å². The number of hydrogen-bond donors (Lipinski definition) is 4. The maximum Gasteiger partial charge on any atom is 0.317 e. The van der Waals surface area contributed by atoms with Gasteiger partial charge in [-0.1, -0.05) is 63.2 Å². The monoisotopic (exact) mass is 633 g/mol. The number of hydrogen-bond acceptors (Lipinski definition) is 7. The second-order valence-electron chi connectivity index (χ2n) is 14.5. The largest absolute Gasteiger partial charge is 0.394 e. The number of amides is 3. The van der Waals surface area contributed by atoms with E-state index in [1.54, 1.807) is 12.0 Å². The van der Waals surface area contributed by atoms with E-state index in [1.807, 2.05) is 47.4 Å². The van der Waals surface area contributed by atoms with Crippen LogP contribution in [-0.4, -0.2) is 89.2 Å². The van der Waals surface area contributed by atoms with Crippen molar-refractivity contribution in [1.82, 2.24) is 20.6 Å². The first-order chi connectivity index (χ1) is 22.1. The molecular weight excluding hydrogens is 582 g/mol. The first kappa shape index (κ1) is 32.7. The summed E-state index contributed by atoms with van der Waals surface area (Å²) in [6.07, 6.45) is 0.698. The average molecular weight is 634 g/mol. The van der Waals surface area contributed by atoms with Gasteiger partial charge in [-0.05, 0) is 66.2 Å². The Hall–Kier alpha value is -3.18. The summed E-state index contributed by atoms with van der Waals surface area (Å²) in [5, 5.41) is 29.0. The number of carbonyl (C=O) groups excluding carboxylic acids is 2. The Bertz CT molecular complexity index is 1360. The third kappa shape index (κ3) is 6.50. The summed E-state index contributed by atoms with van der Waals surface area (Å²) in [6, 6.07) is 17.4. The average Bonchev–Trinajstić information content (AvgIpc) is 3.43. The summed E-state index contributed by atoms with van der Waals surface area (Å²) in [6.45, 7) is 11.8. The highest BCUT2D eigenvalue weighted by Gasteiger charge is 2.57. The number of fused-ring (bicyclic) bond motifs is 2. The zero-order valence-corrected chi connectivity index (χ0v) is 27.6. The molecule has 0 aromatic heterocycles. The van der Waals surface area contributed by atoms with E-state index in [0.717, 1.165) is 23.2 Å². The Labute approximate surface area is 273 Å². The minimum Gasteiger partial charge on any atom is -0.394 e. The fraction of sp³-hybridized carbons (Fsp3) is 0.611. The zero-order chi connectivity index (χ0) is 32.6. The highest BCUT2D eigenvalue weighted by Crippen LogP contribution is 2.61. The van der Waals surface area contributed by atoms with E-state index < -0.39 is 24.2 Å². The second-order valence-corrected chi connectivity index (χ2v) is 14.5. The number of nitrogens with one attached hydrogen (secondary N) is 2. The third-order valence-corrected chi connectivity index (χ3v) is 11.5. The number of urea groups is 1. The molecule has 2 aliphatic heterocycles. The molecule has 46 heavy (non-hydrogen) atoms. The van der Waals surface area contributed by atoms with E-state index in [0.29, 0.717) is 62.4 Å². The lowest BCUT2D eigenvalue weighted by molar-refractivity contribution is -0.183. The van der Waals surface area contributed by atoms with Crippen LogP contribution < -0.4 is 15.5 Å². The van der Waals surface area contributed by atoms with Crippen molar-refractivity contribution in [3.63, 3.8) is 0 Å². The van der Waals surface area contributed by atoms with Gasteiger partial charge in [0.15, 0.2) is 0 Å². The zero-order valence-electron chi connectivity index (χ0n) is 27.6. The third-order valence-electron chi connectivity index (χ3n) is 11.5. The molecule has 2 bridgehead atoms. The van der Waals surface area contributed by atoms with Gasteiger partial charge >= 0.3 is 6.03 Å². The number of rotatable bonds is 9. The summed E-state index contributed by atoms with van der Waals surface area (Å²) in [7, 11) is 0. The molecule has 8 atom stereocenters. The molecule has 0 unspecified atom stereocenters. The molecule has 5 fully saturated rings. The summed E-state index contributed by atoms with van der Waals surface area (Å²) in [5.41, 5.74) is 3.41. The van der Waals surface area contributed by atoms with E-state index in [9.17, 15) is 19.8 Å². The molecule has 10 nitrogen and oxygen atoms in total. The molecule has 250 valence electrons. The van der Waals surface area contributed by atoms with Gasteiger partial charge in [-0.15, -0.1) is 0 Å². The van der Waals surface area contributed by atoms with Gasteiger partial charge in [0, 0.05) is 50.4 Å². The molecule has 3 saturated carbocycles. The van der Waals surface area contributed by atoms with Crippen LogP contribution in [0.2, 0.25) is 0 Å². The number of aliphatic hydroxyl groups excluding tert-OH is 2. The van der Waals surface area contributed by atoms with Crippen molar-refractivity contribution in [3.05, 3.63) is 65.7 Å². The van der Waals surface area contributed by atoms with Gasteiger partial charge in [-0.2, -0.15) is 5.06 Å². The lowest BCUT2D eigenvalue weighted by Gasteiger charge is -2.62. The van der Waals surface area contributed by atoms with E-state index in [2.05, 4.69) is 48.4 Å². The molecule has 0 spiro atoms. The molecular formula is C36H51N5O5. The topological polar surface area (TPSA) is 118 Å². The van der Waals surface area contributed by atoms with E-state index in [-0.39, 0.29) is 24.6 Å². The van der Waals surface area contributed by atoms with Gasteiger partial charge in [0.05, 0.1) is 19.3 Å². The van der Waals surface area contributed by atoms with Crippen LogP contribution in [0.25, 0.3) is 0 Å². The summed E-state index contributed by atoms with van der Waals surface area (Å²) in [4.78, 5) is 37.1. The molecule has 2 heterocycles. The molecule has 3 amide bonds. The Morgan fingerprint density at radius 2 is 1.74 bits per heavy atom. The number of benzene rings is 2. The maximum absolute atomic E-state index is 14.0. The van der Waals surface area contributed by atoms with Crippen LogP contribution in [0.5, 0.6) is 0 Å². The lowest BCUT2D eigenvalue weighted by Crippen LogP contribution is -2.62.